The van der Waals surface area contributed by atoms with Crippen LogP contribution in [0.3, 0.4) is 0 Å². The second-order valence-corrected chi connectivity index (χ2v) is 4.52. The molecule has 42 valence electrons. The Labute approximate surface area is 51.3 Å². The molecule has 0 aliphatic rings. The molecule has 0 aliphatic carbocycles. The van der Waals surface area contributed by atoms with E-state index in [1.54, 1.807) is 0 Å². The quantitative estimate of drug-likeness (QED) is 0.419. The van der Waals surface area contributed by atoms with Gasteiger partial charge in [0, 0.05) is 0 Å². The molecule has 0 aromatic rings. The predicted octanol–water partition coefficient (Wildman–Crippen LogP) is 0.526. The van der Waals surface area contributed by atoms with Crippen molar-refractivity contribution in [2.45, 2.75) is 11.0 Å². The van der Waals surface area contributed by atoms with Crippen molar-refractivity contribution in [2.24, 2.45) is 0 Å². The minimum atomic E-state index is -3.13. The van der Waals surface area contributed by atoms with Crippen LogP contribution < -0.4 is 0 Å². The van der Waals surface area contributed by atoms with E-state index in [0.717, 1.165) is 0 Å². The van der Waals surface area contributed by atoms with Crippen LogP contribution in [-0.2, 0) is 21.7 Å². The molecular formula is C2H9O3PZn. The Kier molecular flexibility index (Phi) is 15.1. The van der Waals surface area contributed by atoms with Crippen molar-refractivity contribution in [1.29, 1.82) is 0 Å². The average molecular weight is 177 g/mol. The zero-order valence-corrected chi connectivity index (χ0v) is 8.48. The Bertz CT molecular complexity index is 44.2. The Morgan fingerprint density at radius 1 is 1.43 bits per heavy atom. The SMILES string of the molecule is O=[PH](O)O.[CH3][Zn][CH3]. The molecule has 0 unspecified atom stereocenters. The molecule has 7 heavy (non-hydrogen) atoms. The fraction of sp³-hybridized carbons (Fsp3) is 1.00. The van der Waals surface area contributed by atoms with Crippen molar-refractivity contribution < 1.29 is 31.5 Å². The summed E-state index contributed by atoms with van der Waals surface area (Å²) >= 11 is 0.125. The molecule has 5 heteroatoms. The van der Waals surface area contributed by atoms with Crippen LogP contribution in [0.15, 0.2) is 0 Å². The Morgan fingerprint density at radius 2 is 1.43 bits per heavy atom. The molecule has 0 aromatic heterocycles. The van der Waals surface area contributed by atoms with Crippen molar-refractivity contribution in [1.82, 2.24) is 0 Å². The van der Waals surface area contributed by atoms with E-state index in [0.29, 0.717) is 0 Å². The monoisotopic (exact) mass is 176 g/mol. The standard InChI is InChI=1S/2CH3.H3O3P.Zn/c;;1-4(2)3;/h2*1H3;4H,(H2,1,2,3);. The third-order valence-corrected chi connectivity index (χ3v) is 0. The minimum absolute atomic E-state index is 0.125. The van der Waals surface area contributed by atoms with Crippen LogP contribution >= 0.6 is 8.25 Å². The zero-order chi connectivity index (χ0) is 6.28. The molecule has 0 saturated heterocycles. The second-order valence-electron chi connectivity index (χ2n) is 0.990. The first-order valence-corrected chi connectivity index (χ1v) is 9.30. The van der Waals surface area contributed by atoms with Crippen LogP contribution in [-0.4, -0.2) is 9.79 Å². The molecule has 3 nitrogen and oxygen atoms in total. The molecule has 0 aromatic carbocycles. The zero-order valence-electron chi connectivity index (χ0n) is 4.51. The van der Waals surface area contributed by atoms with Gasteiger partial charge in [-0.05, 0) is 0 Å². The number of hydrogen-bond acceptors (Lipinski definition) is 1. The first-order valence-electron chi connectivity index (χ1n) is 2.07. The summed E-state index contributed by atoms with van der Waals surface area (Å²) in [5.74, 6) is 0. The number of rotatable bonds is 0. The summed E-state index contributed by atoms with van der Waals surface area (Å²) in [4.78, 5) is 14.3. The van der Waals surface area contributed by atoms with Gasteiger partial charge in [-0.1, -0.05) is 0 Å². The van der Waals surface area contributed by atoms with Crippen LogP contribution in [0.2, 0.25) is 11.0 Å². The first-order chi connectivity index (χ1) is 3.15. The Hall–Kier alpha value is 0.773. The molecule has 0 spiro atoms. The van der Waals surface area contributed by atoms with Gasteiger partial charge >= 0.3 is 36.4 Å². The summed E-state index contributed by atoms with van der Waals surface area (Å²) in [6, 6.07) is 0. The van der Waals surface area contributed by atoms with Crippen LogP contribution in [0.4, 0.5) is 0 Å². The molecule has 0 rings (SSSR count). The average Bonchev–Trinajstić information content (AvgIpc) is 1.33. The van der Waals surface area contributed by atoms with Crippen LogP contribution in [0.25, 0.3) is 0 Å². The third kappa shape index (κ3) is 258. The van der Waals surface area contributed by atoms with Gasteiger partial charge < -0.3 is 9.79 Å². The van der Waals surface area contributed by atoms with E-state index in [2.05, 4.69) is 11.0 Å². The molecule has 0 fully saturated rings. The summed E-state index contributed by atoms with van der Waals surface area (Å²) in [6.45, 7) is 0. The van der Waals surface area contributed by atoms with E-state index < -0.39 is 8.25 Å². The maximum absolute atomic E-state index is 8.74. The van der Waals surface area contributed by atoms with Gasteiger partial charge in [-0.2, -0.15) is 0 Å². The molecule has 0 heterocycles. The van der Waals surface area contributed by atoms with E-state index in [4.69, 9.17) is 14.4 Å². The maximum atomic E-state index is 8.74. The Morgan fingerprint density at radius 3 is 1.43 bits per heavy atom. The van der Waals surface area contributed by atoms with Gasteiger partial charge in [-0.3, -0.25) is 4.57 Å². The van der Waals surface area contributed by atoms with Crippen LogP contribution in [0.1, 0.15) is 0 Å². The number of hydrogen-bond donors (Lipinski definition) is 2. The van der Waals surface area contributed by atoms with Crippen molar-refractivity contribution in [2.75, 3.05) is 0 Å². The summed E-state index contributed by atoms with van der Waals surface area (Å²) in [5, 5.41) is 0. The molecule has 0 saturated carbocycles. The van der Waals surface area contributed by atoms with Gasteiger partial charge in [0.1, 0.15) is 0 Å². The molecule has 0 atom stereocenters. The van der Waals surface area contributed by atoms with Crippen LogP contribution in [0, 0.1) is 0 Å². The van der Waals surface area contributed by atoms with E-state index in [1.807, 2.05) is 0 Å². The van der Waals surface area contributed by atoms with Crippen molar-refractivity contribution in [3.63, 3.8) is 0 Å². The van der Waals surface area contributed by atoms with E-state index >= 15 is 0 Å². The molecular weight excluding hydrogens is 168 g/mol. The third-order valence-electron chi connectivity index (χ3n) is 0. The summed E-state index contributed by atoms with van der Waals surface area (Å²) in [5.41, 5.74) is 4.62. The summed E-state index contributed by atoms with van der Waals surface area (Å²) in [6.07, 6.45) is 0. The fourth-order valence-electron chi connectivity index (χ4n) is 0. The molecule has 0 radical (unpaired) electrons. The summed E-state index contributed by atoms with van der Waals surface area (Å²) < 4.78 is 8.74. The van der Waals surface area contributed by atoms with Crippen molar-refractivity contribution >= 4 is 8.25 Å². The summed E-state index contributed by atoms with van der Waals surface area (Å²) in [7, 11) is -3.13. The first kappa shape index (κ1) is 10.7. The van der Waals surface area contributed by atoms with Gasteiger partial charge in [0.15, 0.2) is 0 Å². The second kappa shape index (κ2) is 9.91. The van der Waals surface area contributed by atoms with E-state index in [9.17, 15) is 0 Å². The topological polar surface area (TPSA) is 57.5 Å². The van der Waals surface area contributed by atoms with Gasteiger partial charge in [0.05, 0.1) is 0 Å². The van der Waals surface area contributed by atoms with Crippen LogP contribution in [0.5, 0.6) is 0 Å². The van der Waals surface area contributed by atoms with Gasteiger partial charge in [0.25, 0.3) is 0 Å². The predicted molar refractivity (Wildman–Crippen MR) is 25.2 cm³/mol. The molecule has 2 N–H and O–H groups in total. The molecule has 0 bridgehead atoms. The fourth-order valence-corrected chi connectivity index (χ4v) is 0. The van der Waals surface area contributed by atoms with E-state index in [1.165, 1.54) is 0 Å². The Balaban J connectivity index is 0. The normalized spacial score (nSPS) is 6.43. The van der Waals surface area contributed by atoms with Gasteiger partial charge in [-0.15, -0.1) is 0 Å². The molecule has 0 aliphatic heterocycles. The van der Waals surface area contributed by atoms with Gasteiger partial charge in [0.2, 0.25) is 0 Å². The molecule has 0 amide bonds. The van der Waals surface area contributed by atoms with Gasteiger partial charge in [-0.25, -0.2) is 0 Å². The van der Waals surface area contributed by atoms with Crippen molar-refractivity contribution in [3.05, 3.63) is 0 Å². The van der Waals surface area contributed by atoms with E-state index in [-0.39, 0.29) is 17.1 Å². The van der Waals surface area contributed by atoms with Crippen molar-refractivity contribution in [3.8, 4) is 0 Å².